The number of aliphatic hydroxyl groups excluding tert-OH is 2. The predicted octanol–water partition coefficient (Wildman–Crippen LogP) is -0.0917. The zero-order valence-corrected chi connectivity index (χ0v) is 8.22. The molecule has 4 heteroatoms. The van der Waals surface area contributed by atoms with E-state index in [1.165, 1.54) is 0 Å². The second kappa shape index (κ2) is 5.78. The third-order valence-electron chi connectivity index (χ3n) is 2.47. The molecular formula is C10H17NO3. The van der Waals surface area contributed by atoms with Crippen LogP contribution in [-0.4, -0.2) is 46.8 Å². The van der Waals surface area contributed by atoms with Crippen LogP contribution in [0.1, 0.15) is 19.3 Å². The summed E-state index contributed by atoms with van der Waals surface area (Å²) < 4.78 is 0. The van der Waals surface area contributed by atoms with Crippen molar-refractivity contribution in [1.82, 2.24) is 4.90 Å². The number of likely N-dealkylation sites (tertiary alicyclic amines) is 1. The van der Waals surface area contributed by atoms with Crippen molar-refractivity contribution >= 4 is 5.91 Å². The molecule has 0 bridgehead atoms. The van der Waals surface area contributed by atoms with E-state index in [2.05, 4.69) is 0 Å². The Balaban J connectivity index is 2.50. The predicted molar refractivity (Wildman–Crippen MR) is 52.7 cm³/mol. The summed E-state index contributed by atoms with van der Waals surface area (Å²) in [5, 5.41) is 17.6. The first kappa shape index (κ1) is 11.2. The Morgan fingerprint density at radius 2 is 2.21 bits per heavy atom. The summed E-state index contributed by atoms with van der Waals surface area (Å²) in [7, 11) is 0. The topological polar surface area (TPSA) is 60.8 Å². The Kier molecular flexibility index (Phi) is 4.62. The van der Waals surface area contributed by atoms with E-state index < -0.39 is 0 Å². The number of carbonyl (C=O) groups is 1. The Labute approximate surface area is 83.8 Å². The average molecular weight is 199 g/mol. The number of amides is 1. The van der Waals surface area contributed by atoms with Gasteiger partial charge in [0.25, 0.3) is 0 Å². The number of nitrogens with zero attached hydrogens (tertiary/aromatic N) is 1. The van der Waals surface area contributed by atoms with Gasteiger partial charge in [-0.05, 0) is 12.8 Å². The summed E-state index contributed by atoms with van der Waals surface area (Å²) in [6.45, 7) is 0.509. The van der Waals surface area contributed by atoms with Crippen molar-refractivity contribution in [3.63, 3.8) is 0 Å². The van der Waals surface area contributed by atoms with Crippen LogP contribution in [0.4, 0.5) is 0 Å². The molecular weight excluding hydrogens is 182 g/mol. The van der Waals surface area contributed by atoms with Crippen molar-refractivity contribution < 1.29 is 15.0 Å². The number of rotatable bonds is 4. The van der Waals surface area contributed by atoms with Gasteiger partial charge in [0.05, 0.1) is 19.3 Å². The monoisotopic (exact) mass is 199 g/mol. The summed E-state index contributed by atoms with van der Waals surface area (Å²) in [6, 6.07) is -0.0420. The molecule has 0 aromatic heterocycles. The van der Waals surface area contributed by atoms with Gasteiger partial charge in [-0.15, -0.1) is 0 Å². The molecule has 1 rings (SSSR count). The van der Waals surface area contributed by atoms with Gasteiger partial charge in [-0.3, -0.25) is 4.79 Å². The van der Waals surface area contributed by atoms with Gasteiger partial charge in [-0.2, -0.15) is 0 Å². The minimum Gasteiger partial charge on any atom is -0.394 e. The minimum atomic E-state index is -0.0420. The first-order valence-corrected chi connectivity index (χ1v) is 4.95. The smallest absolute Gasteiger partial charge is 0.223 e. The maximum atomic E-state index is 11.5. The highest BCUT2D eigenvalue weighted by molar-refractivity contribution is 5.77. The van der Waals surface area contributed by atoms with Crippen molar-refractivity contribution in [2.75, 3.05) is 19.8 Å². The first-order chi connectivity index (χ1) is 6.79. The lowest BCUT2D eigenvalue weighted by Crippen LogP contribution is -2.45. The lowest BCUT2D eigenvalue weighted by molar-refractivity contribution is -0.136. The van der Waals surface area contributed by atoms with Gasteiger partial charge in [0.2, 0.25) is 5.91 Å². The molecule has 0 aliphatic carbocycles. The maximum Gasteiger partial charge on any atom is 0.223 e. The van der Waals surface area contributed by atoms with E-state index in [-0.39, 0.29) is 25.2 Å². The van der Waals surface area contributed by atoms with Crippen LogP contribution in [0.5, 0.6) is 0 Å². The Bertz CT molecular complexity index is 215. The van der Waals surface area contributed by atoms with Gasteiger partial charge in [-0.1, -0.05) is 12.2 Å². The third-order valence-corrected chi connectivity index (χ3v) is 2.47. The standard InChI is InChI=1S/C10H17NO3/c12-7-2-1-6-11-9(8-13)4-3-5-10(11)14/h1-2,9,12-13H,3-8H2/t9-/m1/s1. The van der Waals surface area contributed by atoms with E-state index in [0.717, 1.165) is 12.8 Å². The molecule has 80 valence electrons. The van der Waals surface area contributed by atoms with E-state index >= 15 is 0 Å². The summed E-state index contributed by atoms with van der Waals surface area (Å²) in [5.41, 5.74) is 0. The number of aliphatic hydroxyl groups is 2. The van der Waals surface area contributed by atoms with Crippen LogP contribution >= 0.6 is 0 Å². The summed E-state index contributed by atoms with van der Waals surface area (Å²) in [4.78, 5) is 13.2. The highest BCUT2D eigenvalue weighted by Gasteiger charge is 2.25. The van der Waals surface area contributed by atoms with Crippen molar-refractivity contribution in [2.45, 2.75) is 25.3 Å². The fourth-order valence-corrected chi connectivity index (χ4v) is 1.70. The zero-order chi connectivity index (χ0) is 10.4. The molecule has 0 unspecified atom stereocenters. The van der Waals surface area contributed by atoms with Gasteiger partial charge < -0.3 is 15.1 Å². The number of carbonyl (C=O) groups excluding carboxylic acids is 1. The van der Waals surface area contributed by atoms with Crippen molar-refractivity contribution in [1.29, 1.82) is 0 Å². The molecule has 1 atom stereocenters. The first-order valence-electron chi connectivity index (χ1n) is 4.95. The summed E-state index contributed by atoms with van der Waals surface area (Å²) >= 11 is 0. The quantitative estimate of drug-likeness (QED) is 0.622. The lowest BCUT2D eigenvalue weighted by Gasteiger charge is -2.33. The van der Waals surface area contributed by atoms with Gasteiger partial charge >= 0.3 is 0 Å². The molecule has 1 amide bonds. The normalized spacial score (nSPS) is 23.4. The Morgan fingerprint density at radius 1 is 1.43 bits per heavy atom. The molecule has 1 saturated heterocycles. The second-order valence-corrected chi connectivity index (χ2v) is 3.43. The molecule has 2 N–H and O–H groups in total. The Hall–Kier alpha value is -0.870. The van der Waals surface area contributed by atoms with Gasteiger partial charge in [0.1, 0.15) is 0 Å². The fourth-order valence-electron chi connectivity index (χ4n) is 1.70. The second-order valence-electron chi connectivity index (χ2n) is 3.43. The van der Waals surface area contributed by atoms with Crippen LogP contribution < -0.4 is 0 Å². The van der Waals surface area contributed by atoms with Crippen LogP contribution in [0.2, 0.25) is 0 Å². The summed E-state index contributed by atoms with van der Waals surface area (Å²) in [6.07, 6.45) is 5.67. The average Bonchev–Trinajstić information content (AvgIpc) is 2.20. The van der Waals surface area contributed by atoms with E-state index in [1.807, 2.05) is 0 Å². The number of hydrogen-bond donors (Lipinski definition) is 2. The largest absolute Gasteiger partial charge is 0.394 e. The third kappa shape index (κ3) is 2.82. The number of hydrogen-bond acceptors (Lipinski definition) is 3. The molecule has 4 nitrogen and oxygen atoms in total. The van der Waals surface area contributed by atoms with Crippen LogP contribution in [0.3, 0.4) is 0 Å². The number of piperidine rings is 1. The zero-order valence-electron chi connectivity index (χ0n) is 8.22. The summed E-state index contributed by atoms with van der Waals surface area (Å²) in [5.74, 6) is 0.0953. The highest BCUT2D eigenvalue weighted by atomic mass is 16.3. The SMILES string of the molecule is O=C1CCC[C@H](CO)N1CC=CCO. The maximum absolute atomic E-state index is 11.5. The van der Waals surface area contributed by atoms with Gasteiger partial charge in [-0.25, -0.2) is 0 Å². The molecule has 14 heavy (non-hydrogen) atoms. The van der Waals surface area contributed by atoms with E-state index in [0.29, 0.717) is 13.0 Å². The molecule has 1 aliphatic heterocycles. The van der Waals surface area contributed by atoms with E-state index in [4.69, 9.17) is 10.2 Å². The van der Waals surface area contributed by atoms with E-state index in [1.54, 1.807) is 17.1 Å². The Morgan fingerprint density at radius 3 is 2.86 bits per heavy atom. The highest BCUT2D eigenvalue weighted by Crippen LogP contribution is 2.17. The molecule has 0 radical (unpaired) electrons. The van der Waals surface area contributed by atoms with Crippen LogP contribution in [0.25, 0.3) is 0 Å². The molecule has 0 spiro atoms. The molecule has 0 aromatic carbocycles. The van der Waals surface area contributed by atoms with Crippen molar-refractivity contribution in [3.8, 4) is 0 Å². The fraction of sp³-hybridized carbons (Fsp3) is 0.700. The molecule has 0 saturated carbocycles. The molecule has 1 heterocycles. The van der Waals surface area contributed by atoms with Crippen LogP contribution in [0.15, 0.2) is 12.2 Å². The minimum absolute atomic E-state index is 0.00811. The molecule has 0 aromatic rings. The van der Waals surface area contributed by atoms with E-state index in [9.17, 15) is 4.79 Å². The van der Waals surface area contributed by atoms with Crippen molar-refractivity contribution in [2.24, 2.45) is 0 Å². The van der Waals surface area contributed by atoms with Crippen molar-refractivity contribution in [3.05, 3.63) is 12.2 Å². The molecule has 1 fully saturated rings. The van der Waals surface area contributed by atoms with Crippen LogP contribution in [-0.2, 0) is 4.79 Å². The van der Waals surface area contributed by atoms with Gasteiger partial charge in [0, 0.05) is 13.0 Å². The lowest BCUT2D eigenvalue weighted by atomic mass is 10.0. The van der Waals surface area contributed by atoms with Crippen LogP contribution in [0, 0.1) is 0 Å². The van der Waals surface area contributed by atoms with Gasteiger partial charge in [0.15, 0.2) is 0 Å². The molecule has 1 aliphatic rings.